The second kappa shape index (κ2) is 7.60. The number of amides is 3. The van der Waals surface area contributed by atoms with Crippen molar-refractivity contribution in [2.45, 2.75) is 18.9 Å². The van der Waals surface area contributed by atoms with Crippen LogP contribution in [0, 0.1) is 0 Å². The van der Waals surface area contributed by atoms with Gasteiger partial charge in [-0.05, 0) is 6.42 Å². The van der Waals surface area contributed by atoms with E-state index in [9.17, 15) is 14.7 Å². The Kier molecular flexibility index (Phi) is 8.51. The van der Waals surface area contributed by atoms with Crippen molar-refractivity contribution in [3.05, 3.63) is 0 Å². The number of carbonyl (C=O) groups excluding carboxylic acids is 3. The van der Waals surface area contributed by atoms with Gasteiger partial charge in [0.15, 0.2) is 0 Å². The fourth-order valence-electron chi connectivity index (χ4n) is 0.791. The third-order valence-corrected chi connectivity index (χ3v) is 1.28. The minimum absolute atomic E-state index is 0. The summed E-state index contributed by atoms with van der Waals surface area (Å²) in [5, 5.41) is 12.3. The molecule has 0 aromatic rings. The maximum absolute atomic E-state index is 10.4. The second-order valence-corrected chi connectivity index (χ2v) is 2.38. The van der Waals surface area contributed by atoms with E-state index >= 15 is 0 Å². The molecule has 1 atom stereocenters. The molecule has 0 aromatic heterocycles. The number of carbonyl (C=O) groups is 3. The Labute approximate surface area is 102 Å². The van der Waals surface area contributed by atoms with Crippen LogP contribution >= 0.6 is 0 Å². The summed E-state index contributed by atoms with van der Waals surface area (Å²) in [6.45, 7) is 0. The molecule has 14 heavy (non-hydrogen) atoms. The number of urea groups is 1. The van der Waals surface area contributed by atoms with E-state index in [-0.39, 0.29) is 35.5 Å². The van der Waals surface area contributed by atoms with Crippen LogP contribution in [0.3, 0.4) is 0 Å². The molecule has 0 bridgehead atoms. The van der Waals surface area contributed by atoms with Gasteiger partial charge in [-0.2, -0.15) is 0 Å². The smallest absolute Gasteiger partial charge is 0.548 e. The topological polar surface area (TPSA) is 138 Å². The summed E-state index contributed by atoms with van der Waals surface area (Å²) in [6, 6.07) is -1.59. The fourth-order valence-corrected chi connectivity index (χ4v) is 0.791. The fraction of sp³-hybridized carbons (Fsp3) is 0.500. The zero-order chi connectivity index (χ0) is 10.4. The molecule has 1 aliphatic heterocycles. The van der Waals surface area contributed by atoms with Crippen LogP contribution in [0.15, 0.2) is 0 Å². The summed E-state index contributed by atoms with van der Waals surface area (Å²) in [5.41, 5.74) is 8.50. The summed E-state index contributed by atoms with van der Waals surface area (Å²) in [7, 11) is 0. The quantitative estimate of drug-likeness (QED) is 0.371. The Bertz CT molecular complexity index is 229. The first-order valence-electron chi connectivity index (χ1n) is 3.48. The predicted molar refractivity (Wildman–Crippen MR) is 39.9 cm³/mol. The van der Waals surface area contributed by atoms with E-state index in [1.54, 1.807) is 0 Å². The van der Waals surface area contributed by atoms with Gasteiger partial charge in [0.05, 0.1) is 12.0 Å². The average Bonchev–Trinajstić information content (AvgIpc) is 2.34. The van der Waals surface area contributed by atoms with E-state index in [1.165, 1.54) is 0 Å². The number of nitrogens with two attached hydrogens (primary N) is 2. The van der Waals surface area contributed by atoms with Gasteiger partial charge in [0, 0.05) is 6.42 Å². The molecule has 1 heterocycles. The first-order chi connectivity index (χ1) is 5.93. The van der Waals surface area contributed by atoms with Gasteiger partial charge in [-0.1, -0.05) is 0 Å². The monoisotopic (exact) mass is 211 g/mol. The molecule has 0 aliphatic carbocycles. The zero-order valence-electron chi connectivity index (χ0n) is 7.78. The molecule has 5 N–H and O–H groups in total. The number of rotatable bonds is 1. The number of nitrogens with one attached hydrogen (secondary N) is 1. The largest absolute Gasteiger partial charge is 1.00 e. The number of aliphatic carboxylic acids is 1. The van der Waals surface area contributed by atoms with Crippen LogP contribution in [-0.4, -0.2) is 23.9 Å². The van der Waals surface area contributed by atoms with Crippen LogP contribution in [0.25, 0.3) is 0 Å². The molecule has 0 radical (unpaired) electrons. The SMILES string of the molecule is NC(N)=O.O=C1CC[C@@H](C(=O)[O-])N1.[Na+]. The van der Waals surface area contributed by atoms with Crippen molar-refractivity contribution in [2.75, 3.05) is 0 Å². The van der Waals surface area contributed by atoms with Gasteiger partial charge < -0.3 is 26.7 Å². The van der Waals surface area contributed by atoms with Crippen LogP contribution in [0.2, 0.25) is 0 Å². The van der Waals surface area contributed by atoms with Gasteiger partial charge in [-0.25, -0.2) is 4.79 Å². The van der Waals surface area contributed by atoms with Crippen LogP contribution in [0.4, 0.5) is 4.79 Å². The van der Waals surface area contributed by atoms with Crippen molar-refractivity contribution < 1.29 is 49.0 Å². The maximum atomic E-state index is 10.4. The number of primary amides is 2. The van der Waals surface area contributed by atoms with Gasteiger partial charge in [0.2, 0.25) is 5.91 Å². The Balaban J connectivity index is 0. The Morgan fingerprint density at radius 3 is 2.00 bits per heavy atom. The predicted octanol–water partition coefficient (Wildman–Crippen LogP) is -5.96. The van der Waals surface area contributed by atoms with Gasteiger partial charge in [-0.3, -0.25) is 4.79 Å². The maximum Gasteiger partial charge on any atom is 1.00 e. The molecule has 0 aromatic carbocycles. The van der Waals surface area contributed by atoms with Crippen LogP contribution < -0.4 is 51.4 Å². The second-order valence-electron chi connectivity index (χ2n) is 2.38. The van der Waals surface area contributed by atoms with Gasteiger partial charge in [-0.15, -0.1) is 0 Å². The molecule has 1 aliphatic rings. The van der Waals surface area contributed by atoms with Crippen molar-refractivity contribution in [2.24, 2.45) is 11.5 Å². The Morgan fingerprint density at radius 2 is 1.86 bits per heavy atom. The molecule has 1 saturated heterocycles. The number of carboxylic acids is 1. The molecule has 74 valence electrons. The van der Waals surface area contributed by atoms with E-state index in [4.69, 9.17) is 4.79 Å². The average molecular weight is 211 g/mol. The molecule has 0 unspecified atom stereocenters. The van der Waals surface area contributed by atoms with E-state index in [2.05, 4.69) is 16.8 Å². The standard InChI is InChI=1S/C5H7NO3.CH4N2O.Na/c7-4-2-1-3(6-4)5(8)9;2-1(3)4;/h3H,1-2H2,(H,6,7)(H,8,9);(H4,2,3,4);/q;;+1/p-1/t3-;;/m0../s1. The molecule has 7 nitrogen and oxygen atoms in total. The first-order valence-corrected chi connectivity index (χ1v) is 3.48. The van der Waals surface area contributed by atoms with E-state index < -0.39 is 18.0 Å². The first kappa shape index (κ1) is 15.7. The number of hydrogen-bond acceptors (Lipinski definition) is 4. The summed E-state index contributed by atoms with van der Waals surface area (Å²) < 4.78 is 0. The normalized spacial score (nSPS) is 18.3. The Morgan fingerprint density at radius 1 is 1.43 bits per heavy atom. The Hall–Kier alpha value is -0.790. The summed E-state index contributed by atoms with van der Waals surface area (Å²) >= 11 is 0. The van der Waals surface area contributed by atoms with Crippen molar-refractivity contribution in [1.82, 2.24) is 5.32 Å². The van der Waals surface area contributed by atoms with Crippen LogP contribution in [0.5, 0.6) is 0 Å². The third-order valence-electron chi connectivity index (χ3n) is 1.28. The minimum Gasteiger partial charge on any atom is -0.548 e. The van der Waals surface area contributed by atoms with E-state index in [0.29, 0.717) is 12.8 Å². The molecular weight excluding hydrogens is 201 g/mol. The van der Waals surface area contributed by atoms with Crippen molar-refractivity contribution in [3.8, 4) is 0 Å². The van der Waals surface area contributed by atoms with E-state index in [1.807, 2.05) is 0 Å². The molecular formula is C6H10N3NaO4. The van der Waals surface area contributed by atoms with Crippen LogP contribution in [-0.2, 0) is 9.59 Å². The van der Waals surface area contributed by atoms with E-state index in [0.717, 1.165) is 0 Å². The molecule has 1 fully saturated rings. The summed E-state index contributed by atoms with van der Waals surface area (Å²) in [6.07, 6.45) is 0.666. The molecule has 0 saturated carbocycles. The summed E-state index contributed by atoms with van der Waals surface area (Å²) in [4.78, 5) is 29.4. The van der Waals surface area contributed by atoms with Gasteiger partial charge in [0.25, 0.3) is 0 Å². The van der Waals surface area contributed by atoms with Crippen molar-refractivity contribution in [3.63, 3.8) is 0 Å². The molecule has 3 amide bonds. The van der Waals surface area contributed by atoms with Gasteiger partial charge in [0.1, 0.15) is 0 Å². The van der Waals surface area contributed by atoms with Gasteiger partial charge >= 0.3 is 35.6 Å². The minimum atomic E-state index is -1.19. The summed E-state index contributed by atoms with van der Waals surface area (Å²) in [5.74, 6) is -1.40. The number of carboxylic acid groups (broad SMARTS) is 1. The molecule has 0 spiro atoms. The van der Waals surface area contributed by atoms with Crippen molar-refractivity contribution in [1.29, 1.82) is 0 Å². The molecule has 1 rings (SSSR count). The number of hydrogen-bond donors (Lipinski definition) is 3. The third kappa shape index (κ3) is 7.84. The molecule has 8 heteroatoms. The zero-order valence-corrected chi connectivity index (χ0v) is 9.78. The van der Waals surface area contributed by atoms with Crippen molar-refractivity contribution >= 4 is 17.9 Å². The van der Waals surface area contributed by atoms with Crippen LogP contribution in [0.1, 0.15) is 12.8 Å².